The van der Waals surface area contributed by atoms with Gasteiger partial charge in [0.2, 0.25) is 11.8 Å². The minimum absolute atomic E-state index is 0.0441. The molecule has 0 radical (unpaired) electrons. The lowest BCUT2D eigenvalue weighted by Crippen LogP contribution is -2.56. The molecular weight excluding hydrogens is 500 g/mol. The van der Waals surface area contributed by atoms with Gasteiger partial charge in [-0.1, -0.05) is 74.5 Å². The van der Waals surface area contributed by atoms with Crippen molar-refractivity contribution in [2.24, 2.45) is 11.8 Å². The molecule has 2 aromatic rings. The van der Waals surface area contributed by atoms with Crippen LogP contribution >= 0.6 is 0 Å². The third-order valence-corrected chi connectivity index (χ3v) is 6.52. The zero-order chi connectivity index (χ0) is 28.2. The van der Waals surface area contributed by atoms with Gasteiger partial charge in [-0.3, -0.25) is 14.4 Å². The average Bonchev–Trinajstić information content (AvgIpc) is 3.34. The van der Waals surface area contributed by atoms with Crippen molar-refractivity contribution in [2.45, 2.75) is 64.4 Å². The van der Waals surface area contributed by atoms with Crippen molar-refractivity contribution < 1.29 is 29.0 Å². The van der Waals surface area contributed by atoms with E-state index in [9.17, 15) is 24.3 Å². The number of aliphatic hydroxyl groups excluding tert-OH is 1. The van der Waals surface area contributed by atoms with Crippen molar-refractivity contribution in [2.75, 3.05) is 6.54 Å². The van der Waals surface area contributed by atoms with Gasteiger partial charge in [0.05, 0.1) is 6.04 Å². The molecule has 1 fully saturated rings. The predicted molar refractivity (Wildman–Crippen MR) is 145 cm³/mol. The zero-order valence-corrected chi connectivity index (χ0v) is 22.4. The molecule has 1 aliphatic rings. The molecule has 0 spiro atoms. The van der Waals surface area contributed by atoms with Crippen molar-refractivity contribution in [1.29, 1.82) is 0 Å². The molecule has 210 valence electrons. The molecule has 1 heterocycles. The maximum atomic E-state index is 13.3. The normalized spacial score (nSPS) is 17.0. The van der Waals surface area contributed by atoms with Crippen LogP contribution in [-0.2, 0) is 32.3 Å². The highest BCUT2D eigenvalue weighted by molar-refractivity contribution is 5.88. The van der Waals surface area contributed by atoms with Crippen LogP contribution in [0.2, 0.25) is 0 Å². The fraction of sp³-hybridized carbons (Fsp3) is 0.448. The van der Waals surface area contributed by atoms with E-state index in [-0.39, 0.29) is 31.4 Å². The van der Waals surface area contributed by atoms with Crippen LogP contribution in [0.25, 0.3) is 0 Å². The molecule has 5 N–H and O–H groups in total. The quantitative estimate of drug-likeness (QED) is 0.264. The fourth-order valence-corrected chi connectivity index (χ4v) is 4.41. The first-order valence-electron chi connectivity index (χ1n) is 13.3. The summed E-state index contributed by atoms with van der Waals surface area (Å²) in [5.74, 6) is -1.84. The third-order valence-electron chi connectivity index (χ3n) is 6.52. The second-order valence-electron chi connectivity index (χ2n) is 10.2. The number of nitrogens with one attached hydrogen (secondary N) is 4. The summed E-state index contributed by atoms with van der Waals surface area (Å²) in [6.07, 6.45) is -1.45. The van der Waals surface area contributed by atoms with E-state index in [1.165, 1.54) is 0 Å². The lowest BCUT2D eigenvalue weighted by molar-refractivity contribution is -0.134. The Balaban J connectivity index is 1.66. The molecule has 39 heavy (non-hydrogen) atoms. The van der Waals surface area contributed by atoms with E-state index >= 15 is 0 Å². The molecule has 1 aliphatic heterocycles. The van der Waals surface area contributed by atoms with Crippen LogP contribution in [0.5, 0.6) is 0 Å². The highest BCUT2D eigenvalue weighted by Gasteiger charge is 2.36. The van der Waals surface area contributed by atoms with Crippen LogP contribution in [0.4, 0.5) is 4.79 Å². The van der Waals surface area contributed by atoms with E-state index in [0.29, 0.717) is 19.4 Å². The number of hydrogen-bond donors (Lipinski definition) is 5. The smallest absolute Gasteiger partial charge is 0.408 e. The zero-order valence-electron chi connectivity index (χ0n) is 22.4. The van der Waals surface area contributed by atoms with E-state index in [2.05, 4.69) is 21.3 Å². The molecule has 3 rings (SSSR count). The lowest BCUT2D eigenvalue weighted by atomic mass is 9.93. The Morgan fingerprint density at radius 3 is 2.21 bits per heavy atom. The molecule has 0 bridgehead atoms. The van der Waals surface area contributed by atoms with Gasteiger partial charge in [-0.05, 0) is 36.3 Å². The van der Waals surface area contributed by atoms with E-state index in [4.69, 9.17) is 4.74 Å². The monoisotopic (exact) mass is 538 g/mol. The Bertz CT molecular complexity index is 1100. The van der Waals surface area contributed by atoms with Gasteiger partial charge < -0.3 is 31.1 Å². The summed E-state index contributed by atoms with van der Waals surface area (Å²) >= 11 is 0. The van der Waals surface area contributed by atoms with Crippen LogP contribution in [-0.4, -0.2) is 53.7 Å². The van der Waals surface area contributed by atoms with Gasteiger partial charge in [0.1, 0.15) is 12.6 Å². The van der Waals surface area contributed by atoms with Gasteiger partial charge in [-0.25, -0.2) is 4.79 Å². The second-order valence-corrected chi connectivity index (χ2v) is 10.2. The number of carbonyl (C=O) groups is 4. The summed E-state index contributed by atoms with van der Waals surface area (Å²) in [5, 5.41) is 21.7. The number of hydrogen-bond acceptors (Lipinski definition) is 6. The van der Waals surface area contributed by atoms with Crippen molar-refractivity contribution in [3.8, 4) is 0 Å². The molecule has 4 amide bonds. The van der Waals surface area contributed by atoms with E-state index in [1.54, 1.807) is 0 Å². The number of amides is 4. The molecule has 10 heteroatoms. The Labute approximate surface area is 228 Å². The van der Waals surface area contributed by atoms with E-state index < -0.39 is 42.0 Å². The lowest BCUT2D eigenvalue weighted by Gasteiger charge is -2.28. The third kappa shape index (κ3) is 9.72. The van der Waals surface area contributed by atoms with Crippen LogP contribution in [0.3, 0.4) is 0 Å². The highest BCUT2D eigenvalue weighted by Crippen LogP contribution is 2.19. The molecule has 4 atom stereocenters. The highest BCUT2D eigenvalue weighted by atomic mass is 16.5. The summed E-state index contributed by atoms with van der Waals surface area (Å²) in [4.78, 5) is 50.9. The standard InChI is InChI=1S/C29H38N4O6/c1-19(2)15-24(33-29(38)39-18-21-11-7-4-8-12-21)27(36)32-23(16-22-13-14-30-26(22)35)25(34)28(37)31-17-20-9-5-3-6-10-20/h3-12,19,22-25,34H,13-18H2,1-2H3,(H,30,35)(H,31,37)(H,32,36)(H,33,38)/t22?,23-,24-,25?/m0/s1. The Morgan fingerprint density at radius 1 is 0.974 bits per heavy atom. The molecule has 0 saturated carbocycles. The topological polar surface area (TPSA) is 146 Å². The molecule has 2 aromatic carbocycles. The maximum Gasteiger partial charge on any atom is 0.408 e. The van der Waals surface area contributed by atoms with Gasteiger partial charge in [-0.2, -0.15) is 0 Å². The molecule has 2 unspecified atom stereocenters. The second kappa shape index (κ2) is 14.9. The van der Waals surface area contributed by atoms with Gasteiger partial charge in [0.15, 0.2) is 6.10 Å². The first-order chi connectivity index (χ1) is 18.7. The van der Waals surface area contributed by atoms with Crippen LogP contribution in [0, 0.1) is 11.8 Å². The molecule has 1 saturated heterocycles. The van der Waals surface area contributed by atoms with Crippen LogP contribution < -0.4 is 21.3 Å². The number of benzene rings is 2. The minimum atomic E-state index is -1.60. The molecule has 0 aromatic heterocycles. The van der Waals surface area contributed by atoms with Crippen molar-refractivity contribution >= 4 is 23.8 Å². The Kier molecular flexibility index (Phi) is 11.3. The van der Waals surface area contributed by atoms with Gasteiger partial charge >= 0.3 is 6.09 Å². The Hall–Kier alpha value is -3.92. The molecule has 10 nitrogen and oxygen atoms in total. The van der Waals surface area contributed by atoms with Gasteiger partial charge in [0.25, 0.3) is 5.91 Å². The Morgan fingerprint density at radius 2 is 1.62 bits per heavy atom. The van der Waals surface area contributed by atoms with Crippen LogP contribution in [0.1, 0.15) is 44.2 Å². The van der Waals surface area contributed by atoms with E-state index in [1.807, 2.05) is 74.5 Å². The minimum Gasteiger partial charge on any atom is -0.445 e. The summed E-state index contributed by atoms with van der Waals surface area (Å²) in [5.41, 5.74) is 1.65. The van der Waals surface area contributed by atoms with Crippen molar-refractivity contribution in [1.82, 2.24) is 21.3 Å². The van der Waals surface area contributed by atoms with Gasteiger partial charge in [0, 0.05) is 19.0 Å². The summed E-state index contributed by atoms with van der Waals surface area (Å²) in [7, 11) is 0. The van der Waals surface area contributed by atoms with Crippen molar-refractivity contribution in [3.05, 3.63) is 71.8 Å². The number of aliphatic hydroxyl groups is 1. The van der Waals surface area contributed by atoms with Crippen molar-refractivity contribution in [3.63, 3.8) is 0 Å². The number of ether oxygens (including phenoxy) is 1. The number of rotatable bonds is 13. The largest absolute Gasteiger partial charge is 0.445 e. The number of carbonyl (C=O) groups excluding carboxylic acids is 4. The molecular formula is C29H38N4O6. The predicted octanol–water partition coefficient (Wildman–Crippen LogP) is 2.02. The van der Waals surface area contributed by atoms with E-state index in [0.717, 1.165) is 11.1 Å². The maximum absolute atomic E-state index is 13.3. The molecule has 0 aliphatic carbocycles. The average molecular weight is 539 g/mol. The SMILES string of the molecule is CC(C)C[C@H](NC(=O)OCc1ccccc1)C(=O)N[C@@H](CC1CCNC1=O)C(O)C(=O)NCc1ccccc1. The summed E-state index contributed by atoms with van der Waals surface area (Å²) in [6, 6.07) is 16.4. The summed E-state index contributed by atoms with van der Waals surface area (Å²) in [6.45, 7) is 4.55. The first-order valence-corrected chi connectivity index (χ1v) is 13.3. The fourth-order valence-electron chi connectivity index (χ4n) is 4.41. The number of alkyl carbamates (subject to hydrolysis) is 1. The first kappa shape index (κ1) is 29.6. The van der Waals surface area contributed by atoms with Gasteiger partial charge in [-0.15, -0.1) is 0 Å². The van der Waals surface area contributed by atoms with Crippen LogP contribution in [0.15, 0.2) is 60.7 Å². The summed E-state index contributed by atoms with van der Waals surface area (Å²) < 4.78 is 5.28.